The zero-order chi connectivity index (χ0) is 53.3. The third-order valence-electron chi connectivity index (χ3n) is 13.4. The van der Waals surface area contributed by atoms with E-state index in [1.54, 1.807) is 0 Å². The fourth-order valence-corrected chi connectivity index (χ4v) is 8.89. The molecule has 0 saturated carbocycles. The van der Waals surface area contributed by atoms with Crippen molar-refractivity contribution in [1.82, 2.24) is 0 Å². The van der Waals surface area contributed by atoms with Gasteiger partial charge in [-0.15, -0.1) is 0 Å². The van der Waals surface area contributed by atoms with E-state index in [4.69, 9.17) is 23.7 Å². The van der Waals surface area contributed by atoms with Gasteiger partial charge in [0.05, 0.1) is 6.61 Å². The molecule has 6 atom stereocenters. The molecule has 1 aliphatic rings. The van der Waals surface area contributed by atoms with Crippen molar-refractivity contribution in [1.29, 1.82) is 0 Å². The van der Waals surface area contributed by atoms with Gasteiger partial charge in [0.25, 0.3) is 0 Å². The Morgan fingerprint density at radius 2 is 0.863 bits per heavy atom. The van der Waals surface area contributed by atoms with Crippen LogP contribution >= 0.6 is 0 Å². The van der Waals surface area contributed by atoms with Gasteiger partial charge < -0.3 is 39.0 Å². The van der Waals surface area contributed by atoms with Gasteiger partial charge in [-0.25, -0.2) is 4.79 Å². The van der Waals surface area contributed by atoms with Crippen LogP contribution in [0.5, 0.6) is 0 Å². The second-order valence-corrected chi connectivity index (χ2v) is 20.3. The summed E-state index contributed by atoms with van der Waals surface area (Å²) in [5, 5.41) is 31.4. The second-order valence-electron chi connectivity index (χ2n) is 20.3. The van der Waals surface area contributed by atoms with Crippen LogP contribution in [-0.2, 0) is 42.9 Å². The molecular formula is C61H106O12. The average molecular weight is 1030 g/mol. The molecule has 0 spiro atoms. The third-order valence-corrected chi connectivity index (χ3v) is 13.4. The number of esters is 3. The molecule has 1 aliphatic heterocycles. The number of aliphatic hydroxyl groups excluding tert-OH is 2. The molecule has 3 N–H and O–H groups in total. The number of carboxylic acids is 1. The number of hydrogen-bond acceptors (Lipinski definition) is 11. The van der Waals surface area contributed by atoms with Gasteiger partial charge in [0, 0.05) is 19.3 Å². The summed E-state index contributed by atoms with van der Waals surface area (Å²) in [6.45, 7) is 5.85. The summed E-state index contributed by atoms with van der Waals surface area (Å²) in [6, 6.07) is 0. The number of aliphatic hydroxyl groups is 2. The standard InChI is InChI=1S/C61H106O12/c1-4-7-10-13-16-19-21-23-25-27-29-31-33-36-38-41-44-47-53(62)69-50-52(71-54(63)48-45-42-39-35-18-15-12-9-6-3)51-70-61-59(57(66)56(65)58(73-61)60(67)68)72-55(64)49-46-43-40-37-34-32-30-28-26-24-22-20-17-14-11-8-5-2/h7,10,16,19,23,25,29,31,52,56-59,61,65-66H,4-6,8-9,11-15,17-18,20-22,24,26-28,30,32-51H2,1-3H3,(H,67,68)/b10-7-,19-16-,25-23-,31-29-. The molecule has 0 bridgehead atoms. The monoisotopic (exact) mass is 1030 g/mol. The van der Waals surface area contributed by atoms with E-state index in [1.165, 1.54) is 109 Å². The topological polar surface area (TPSA) is 175 Å². The van der Waals surface area contributed by atoms with Crippen molar-refractivity contribution >= 4 is 23.9 Å². The molecule has 1 rings (SSSR count). The average Bonchev–Trinajstić information content (AvgIpc) is 3.37. The predicted octanol–water partition coefficient (Wildman–Crippen LogP) is 15.0. The van der Waals surface area contributed by atoms with Crippen molar-refractivity contribution in [3.63, 3.8) is 0 Å². The summed E-state index contributed by atoms with van der Waals surface area (Å²) in [5.74, 6) is -3.13. The normalized spacial score (nSPS) is 18.6. The molecule has 1 fully saturated rings. The number of carbonyl (C=O) groups is 4. The molecular weight excluding hydrogens is 925 g/mol. The van der Waals surface area contributed by atoms with E-state index in [9.17, 15) is 34.5 Å². The number of carboxylic acid groups (broad SMARTS) is 1. The van der Waals surface area contributed by atoms with Gasteiger partial charge in [0.2, 0.25) is 0 Å². The van der Waals surface area contributed by atoms with Crippen LogP contribution in [0, 0.1) is 0 Å². The lowest BCUT2D eigenvalue weighted by Crippen LogP contribution is -2.61. The highest BCUT2D eigenvalue weighted by molar-refractivity contribution is 5.74. The van der Waals surface area contributed by atoms with E-state index in [2.05, 4.69) is 69.4 Å². The summed E-state index contributed by atoms with van der Waals surface area (Å²) in [5.41, 5.74) is 0. The van der Waals surface area contributed by atoms with Crippen molar-refractivity contribution < 1.29 is 58.2 Å². The number of aliphatic carboxylic acids is 1. The number of carbonyl (C=O) groups excluding carboxylic acids is 3. The van der Waals surface area contributed by atoms with Crippen molar-refractivity contribution in [3.05, 3.63) is 48.6 Å². The Bertz CT molecular complexity index is 1460. The quantitative estimate of drug-likeness (QED) is 0.0228. The van der Waals surface area contributed by atoms with E-state index in [1.807, 2.05) is 0 Å². The molecule has 6 unspecified atom stereocenters. The first kappa shape index (κ1) is 67.7. The molecule has 73 heavy (non-hydrogen) atoms. The maximum absolute atomic E-state index is 13.1. The molecule has 422 valence electrons. The van der Waals surface area contributed by atoms with E-state index in [-0.39, 0.29) is 25.9 Å². The molecule has 12 nitrogen and oxygen atoms in total. The van der Waals surface area contributed by atoms with E-state index in [0.29, 0.717) is 19.3 Å². The summed E-state index contributed by atoms with van der Waals surface area (Å²) in [4.78, 5) is 51.0. The summed E-state index contributed by atoms with van der Waals surface area (Å²) in [7, 11) is 0. The van der Waals surface area contributed by atoms with Crippen LogP contribution in [0.25, 0.3) is 0 Å². The highest BCUT2D eigenvalue weighted by atomic mass is 16.7. The first-order valence-corrected chi connectivity index (χ1v) is 29.6. The van der Waals surface area contributed by atoms with Gasteiger partial charge in [-0.1, -0.05) is 236 Å². The minimum Gasteiger partial charge on any atom is -0.479 e. The van der Waals surface area contributed by atoms with Crippen LogP contribution in [-0.4, -0.2) is 89.2 Å². The van der Waals surface area contributed by atoms with Crippen molar-refractivity contribution in [2.45, 2.75) is 302 Å². The number of ether oxygens (including phenoxy) is 5. The molecule has 0 aliphatic carbocycles. The molecule has 12 heteroatoms. The minimum atomic E-state index is -1.90. The van der Waals surface area contributed by atoms with Crippen LogP contribution < -0.4 is 0 Å². The highest BCUT2D eigenvalue weighted by Crippen LogP contribution is 2.26. The molecule has 0 radical (unpaired) electrons. The van der Waals surface area contributed by atoms with E-state index in [0.717, 1.165) is 96.3 Å². The molecule has 0 amide bonds. The van der Waals surface area contributed by atoms with Crippen molar-refractivity contribution in [3.8, 4) is 0 Å². The van der Waals surface area contributed by atoms with Gasteiger partial charge in [0.15, 0.2) is 24.6 Å². The summed E-state index contributed by atoms with van der Waals surface area (Å²) in [6.07, 6.45) is 46.6. The predicted molar refractivity (Wildman–Crippen MR) is 294 cm³/mol. The van der Waals surface area contributed by atoms with Crippen molar-refractivity contribution in [2.75, 3.05) is 13.2 Å². The Morgan fingerprint density at radius 1 is 0.466 bits per heavy atom. The molecule has 0 aromatic carbocycles. The first-order chi connectivity index (χ1) is 35.6. The zero-order valence-corrected chi connectivity index (χ0v) is 46.4. The van der Waals surface area contributed by atoms with Crippen LogP contribution in [0.1, 0.15) is 265 Å². The van der Waals surface area contributed by atoms with E-state index >= 15 is 0 Å². The number of rotatable bonds is 50. The second kappa shape index (κ2) is 49.6. The van der Waals surface area contributed by atoms with Gasteiger partial charge in [-0.2, -0.15) is 0 Å². The van der Waals surface area contributed by atoms with Crippen molar-refractivity contribution in [2.24, 2.45) is 0 Å². The Labute approximate surface area is 443 Å². The molecule has 1 heterocycles. The van der Waals surface area contributed by atoms with Crippen LogP contribution in [0.4, 0.5) is 0 Å². The van der Waals surface area contributed by atoms with Gasteiger partial charge >= 0.3 is 23.9 Å². The number of unbranched alkanes of at least 4 members (excludes halogenated alkanes) is 28. The number of allylic oxidation sites excluding steroid dienone is 8. The fraction of sp³-hybridized carbons (Fsp3) is 0.803. The van der Waals surface area contributed by atoms with Gasteiger partial charge in [0.1, 0.15) is 18.8 Å². The number of hydrogen-bond donors (Lipinski definition) is 3. The molecule has 1 saturated heterocycles. The molecule has 0 aromatic heterocycles. The third kappa shape index (κ3) is 39.7. The minimum absolute atomic E-state index is 0.0628. The lowest BCUT2D eigenvalue weighted by Gasteiger charge is -2.40. The smallest absolute Gasteiger partial charge is 0.335 e. The Balaban J connectivity index is 2.64. The molecule has 0 aromatic rings. The van der Waals surface area contributed by atoms with Crippen LogP contribution in [0.3, 0.4) is 0 Å². The highest BCUT2D eigenvalue weighted by Gasteiger charge is 2.50. The zero-order valence-electron chi connectivity index (χ0n) is 46.4. The first-order valence-electron chi connectivity index (χ1n) is 29.6. The van der Waals surface area contributed by atoms with Crippen LogP contribution in [0.15, 0.2) is 48.6 Å². The Hall–Kier alpha value is -3.32. The lowest BCUT2D eigenvalue weighted by atomic mass is 9.98. The largest absolute Gasteiger partial charge is 0.479 e. The maximum Gasteiger partial charge on any atom is 0.335 e. The lowest BCUT2D eigenvalue weighted by molar-refractivity contribution is -0.301. The maximum atomic E-state index is 13.1. The Kier molecular flexibility index (Phi) is 45.9. The van der Waals surface area contributed by atoms with Gasteiger partial charge in [-0.05, 0) is 57.8 Å². The van der Waals surface area contributed by atoms with E-state index < -0.39 is 67.3 Å². The Morgan fingerprint density at radius 3 is 1.32 bits per heavy atom. The van der Waals surface area contributed by atoms with Crippen LogP contribution in [0.2, 0.25) is 0 Å². The summed E-state index contributed by atoms with van der Waals surface area (Å²) < 4.78 is 28.4. The SMILES string of the molecule is CC/C=C\C/C=C\C/C=C\C/C=C\CCCCCCC(=O)OCC(COC1OC(C(=O)O)C(O)C(O)C1OC(=O)CCCCCCCCCCCCCCCCCCC)OC(=O)CCCCCCCCCCC. The van der Waals surface area contributed by atoms with Gasteiger partial charge in [-0.3, -0.25) is 14.4 Å². The summed E-state index contributed by atoms with van der Waals surface area (Å²) >= 11 is 0. The fourth-order valence-electron chi connectivity index (χ4n) is 8.89.